The first kappa shape index (κ1) is 8.97. The van der Waals surface area contributed by atoms with Crippen molar-refractivity contribution < 1.29 is 10.2 Å². The maximum Gasteiger partial charge on any atom is 0.0558 e. The Bertz CT molecular complexity index is 119. The molecule has 0 spiro atoms. The summed E-state index contributed by atoms with van der Waals surface area (Å²) >= 11 is 0. The van der Waals surface area contributed by atoms with Gasteiger partial charge in [-0.25, -0.2) is 0 Å². The van der Waals surface area contributed by atoms with Gasteiger partial charge in [-0.15, -0.1) is 0 Å². The molecule has 1 fully saturated rings. The first-order chi connectivity index (χ1) is 5.27. The summed E-state index contributed by atoms with van der Waals surface area (Å²) in [6, 6.07) is 0. The lowest BCUT2D eigenvalue weighted by atomic mass is 10.00. The van der Waals surface area contributed by atoms with Gasteiger partial charge in [0.2, 0.25) is 0 Å². The second-order valence-corrected chi connectivity index (χ2v) is 3.40. The molecule has 11 heavy (non-hydrogen) atoms. The quantitative estimate of drug-likeness (QED) is 0.585. The van der Waals surface area contributed by atoms with E-state index in [9.17, 15) is 0 Å². The van der Waals surface area contributed by atoms with Crippen LogP contribution in [-0.4, -0.2) is 48.0 Å². The predicted molar refractivity (Wildman–Crippen MR) is 43.3 cm³/mol. The maximum atomic E-state index is 8.93. The fraction of sp³-hybridized carbons (Fsp3) is 1.00. The van der Waals surface area contributed by atoms with Gasteiger partial charge in [0.05, 0.1) is 6.61 Å². The van der Waals surface area contributed by atoms with Crippen molar-refractivity contribution in [1.82, 2.24) is 4.90 Å². The van der Waals surface area contributed by atoms with E-state index >= 15 is 0 Å². The topological polar surface area (TPSA) is 43.7 Å². The lowest BCUT2D eigenvalue weighted by molar-refractivity contribution is 0.193. The molecule has 0 aromatic carbocycles. The van der Waals surface area contributed by atoms with Crippen molar-refractivity contribution in [3.05, 3.63) is 0 Å². The molecule has 66 valence electrons. The Kier molecular flexibility index (Phi) is 3.30. The van der Waals surface area contributed by atoms with Crippen LogP contribution in [0.1, 0.15) is 6.92 Å². The second kappa shape index (κ2) is 4.04. The van der Waals surface area contributed by atoms with Gasteiger partial charge in [0.1, 0.15) is 0 Å². The molecule has 3 heteroatoms. The van der Waals surface area contributed by atoms with E-state index in [2.05, 4.69) is 11.8 Å². The van der Waals surface area contributed by atoms with E-state index in [-0.39, 0.29) is 13.2 Å². The highest BCUT2D eigenvalue weighted by Gasteiger charge is 2.27. The number of nitrogens with zero attached hydrogens (tertiary/aromatic N) is 1. The third-order valence-corrected chi connectivity index (χ3v) is 2.49. The number of hydrogen-bond acceptors (Lipinski definition) is 3. The average Bonchev–Trinajstić information content (AvgIpc) is 2.32. The fourth-order valence-electron chi connectivity index (χ4n) is 1.70. The number of hydrogen-bond donors (Lipinski definition) is 2. The smallest absolute Gasteiger partial charge is 0.0558 e. The summed E-state index contributed by atoms with van der Waals surface area (Å²) in [5.41, 5.74) is 0. The van der Waals surface area contributed by atoms with Crippen LogP contribution < -0.4 is 0 Å². The van der Waals surface area contributed by atoms with Crippen LogP contribution in [0.15, 0.2) is 0 Å². The zero-order chi connectivity index (χ0) is 8.27. The van der Waals surface area contributed by atoms with Crippen molar-refractivity contribution in [3.63, 3.8) is 0 Å². The van der Waals surface area contributed by atoms with Crippen LogP contribution in [-0.2, 0) is 0 Å². The van der Waals surface area contributed by atoms with Crippen LogP contribution in [0.5, 0.6) is 0 Å². The second-order valence-electron chi connectivity index (χ2n) is 3.40. The first-order valence-electron chi connectivity index (χ1n) is 4.22. The average molecular weight is 159 g/mol. The largest absolute Gasteiger partial charge is 0.396 e. The highest BCUT2D eigenvalue weighted by atomic mass is 16.3. The normalized spacial score (nSPS) is 33.0. The van der Waals surface area contributed by atoms with E-state index in [4.69, 9.17) is 10.2 Å². The highest BCUT2D eigenvalue weighted by molar-refractivity contribution is 4.80. The van der Waals surface area contributed by atoms with Crippen molar-refractivity contribution in [1.29, 1.82) is 0 Å². The maximum absolute atomic E-state index is 8.93. The van der Waals surface area contributed by atoms with Gasteiger partial charge in [-0.2, -0.15) is 0 Å². The third-order valence-electron chi connectivity index (χ3n) is 2.49. The molecule has 0 aromatic heterocycles. The Hall–Kier alpha value is -0.120. The van der Waals surface area contributed by atoms with Gasteiger partial charge in [-0.05, 0) is 11.8 Å². The van der Waals surface area contributed by atoms with Gasteiger partial charge >= 0.3 is 0 Å². The molecule has 0 aromatic rings. The molecule has 2 N–H and O–H groups in total. The predicted octanol–water partition coefficient (Wildman–Crippen LogP) is -0.461. The molecular weight excluding hydrogens is 142 g/mol. The summed E-state index contributed by atoms with van der Waals surface area (Å²) in [7, 11) is 0. The minimum atomic E-state index is 0.227. The van der Waals surface area contributed by atoms with Crippen molar-refractivity contribution in [2.24, 2.45) is 11.8 Å². The summed E-state index contributed by atoms with van der Waals surface area (Å²) < 4.78 is 0. The SMILES string of the molecule is C[C@H]1CN(CCO)C[C@H]1CO. The van der Waals surface area contributed by atoms with E-state index in [0.717, 1.165) is 19.6 Å². The van der Waals surface area contributed by atoms with Crippen molar-refractivity contribution in [2.45, 2.75) is 6.92 Å². The van der Waals surface area contributed by atoms with E-state index in [0.29, 0.717) is 11.8 Å². The third kappa shape index (κ3) is 2.15. The molecule has 0 unspecified atom stereocenters. The molecule has 2 atom stereocenters. The van der Waals surface area contributed by atoms with Gasteiger partial charge < -0.3 is 15.1 Å². The first-order valence-corrected chi connectivity index (χ1v) is 4.22. The Labute approximate surface area is 67.6 Å². The Morgan fingerprint density at radius 2 is 2.09 bits per heavy atom. The van der Waals surface area contributed by atoms with Gasteiger partial charge in [0, 0.05) is 26.2 Å². The summed E-state index contributed by atoms with van der Waals surface area (Å²) in [5.74, 6) is 0.994. The minimum absolute atomic E-state index is 0.227. The van der Waals surface area contributed by atoms with E-state index in [1.54, 1.807) is 0 Å². The molecule has 0 bridgehead atoms. The minimum Gasteiger partial charge on any atom is -0.396 e. The van der Waals surface area contributed by atoms with Gasteiger partial charge in [0.25, 0.3) is 0 Å². The van der Waals surface area contributed by atoms with Gasteiger partial charge in [0.15, 0.2) is 0 Å². The van der Waals surface area contributed by atoms with Crippen LogP contribution in [0.25, 0.3) is 0 Å². The lowest BCUT2D eigenvalue weighted by Gasteiger charge is -2.12. The lowest BCUT2D eigenvalue weighted by Crippen LogP contribution is -2.24. The zero-order valence-corrected chi connectivity index (χ0v) is 7.03. The molecule has 1 heterocycles. The summed E-state index contributed by atoms with van der Waals surface area (Å²) in [6.45, 7) is 5.37. The van der Waals surface area contributed by atoms with Crippen molar-refractivity contribution >= 4 is 0 Å². The van der Waals surface area contributed by atoms with Crippen molar-refractivity contribution in [3.8, 4) is 0 Å². The van der Waals surface area contributed by atoms with E-state index in [1.165, 1.54) is 0 Å². The van der Waals surface area contributed by atoms with Gasteiger partial charge in [-0.1, -0.05) is 6.92 Å². The van der Waals surface area contributed by atoms with Crippen LogP contribution in [0.3, 0.4) is 0 Å². The van der Waals surface area contributed by atoms with Crippen LogP contribution in [0.2, 0.25) is 0 Å². The number of β-amino-alcohol motifs (C(OH)–C–C–N with tert-alkyl or cyclic N) is 1. The Morgan fingerprint density at radius 1 is 1.36 bits per heavy atom. The highest BCUT2D eigenvalue weighted by Crippen LogP contribution is 2.21. The number of aliphatic hydroxyl groups is 2. The summed E-state index contributed by atoms with van der Waals surface area (Å²) in [6.07, 6.45) is 0. The monoisotopic (exact) mass is 159 g/mol. The number of aliphatic hydroxyl groups excluding tert-OH is 2. The zero-order valence-electron chi connectivity index (χ0n) is 7.03. The molecule has 1 saturated heterocycles. The van der Waals surface area contributed by atoms with E-state index in [1.807, 2.05) is 0 Å². The molecule has 0 amide bonds. The Balaban J connectivity index is 2.30. The molecular formula is C8H17NO2. The molecule has 0 aliphatic carbocycles. The molecule has 1 rings (SSSR count). The number of likely N-dealkylation sites (tertiary alicyclic amines) is 1. The van der Waals surface area contributed by atoms with Gasteiger partial charge in [-0.3, -0.25) is 0 Å². The van der Waals surface area contributed by atoms with Crippen LogP contribution in [0, 0.1) is 11.8 Å². The Morgan fingerprint density at radius 3 is 2.55 bits per heavy atom. The fourth-order valence-corrected chi connectivity index (χ4v) is 1.70. The number of rotatable bonds is 3. The molecule has 1 aliphatic heterocycles. The standard InChI is InChI=1S/C8H17NO2/c1-7-4-9(2-3-10)5-8(7)6-11/h7-8,10-11H,2-6H2,1H3/t7-,8-/m0/s1. The summed E-state index contributed by atoms with van der Waals surface area (Å²) in [4.78, 5) is 2.20. The van der Waals surface area contributed by atoms with Crippen molar-refractivity contribution in [2.75, 3.05) is 32.8 Å². The van der Waals surface area contributed by atoms with Crippen LogP contribution in [0.4, 0.5) is 0 Å². The summed E-state index contributed by atoms with van der Waals surface area (Å²) in [5, 5.41) is 17.6. The molecule has 3 nitrogen and oxygen atoms in total. The molecule has 0 saturated carbocycles. The molecule has 0 radical (unpaired) electrons. The molecule has 1 aliphatic rings. The van der Waals surface area contributed by atoms with Crippen LogP contribution >= 0.6 is 0 Å². The van der Waals surface area contributed by atoms with E-state index < -0.39 is 0 Å².